The molecule has 8 nitrogen and oxygen atoms in total. The van der Waals surface area contributed by atoms with Crippen LogP contribution in [0.2, 0.25) is 11.8 Å². The molecule has 2 bridgehead atoms. The lowest BCUT2D eigenvalue weighted by molar-refractivity contribution is -0.0850. The smallest absolute Gasteiger partial charge is 0.377 e. The normalized spacial score (nSPS) is 27.8. The van der Waals surface area contributed by atoms with E-state index in [1.807, 2.05) is 4.81 Å². The molecule has 0 unspecified atom stereocenters. The van der Waals surface area contributed by atoms with Crippen molar-refractivity contribution in [3.05, 3.63) is 29.4 Å². The van der Waals surface area contributed by atoms with Gasteiger partial charge in [-0.25, -0.2) is 9.37 Å². The second-order valence-electron chi connectivity index (χ2n) is 8.62. The van der Waals surface area contributed by atoms with Gasteiger partial charge < -0.3 is 24.0 Å². The van der Waals surface area contributed by atoms with Crippen molar-refractivity contribution < 1.29 is 23.6 Å². The molecule has 1 N–H and O–H groups in total. The van der Waals surface area contributed by atoms with E-state index >= 15 is 4.39 Å². The summed E-state index contributed by atoms with van der Waals surface area (Å²) >= 11 is 6.06. The fraction of sp³-hybridized carbons (Fsp3) is 0.571. The molecule has 1 aromatic carbocycles. The van der Waals surface area contributed by atoms with Crippen molar-refractivity contribution in [3.8, 4) is 23.0 Å². The van der Waals surface area contributed by atoms with Gasteiger partial charge in [-0.3, -0.25) is 0 Å². The minimum absolute atomic E-state index is 0.0156. The minimum atomic E-state index is -1.26. The molecule has 3 heterocycles. The van der Waals surface area contributed by atoms with Crippen molar-refractivity contribution >= 4 is 18.7 Å². The molecular formula is C21H27BClFN4O4. The molecule has 1 aromatic heterocycles. The van der Waals surface area contributed by atoms with Gasteiger partial charge in [0.05, 0.1) is 6.20 Å². The summed E-state index contributed by atoms with van der Waals surface area (Å²) < 4.78 is 31.7. The maximum absolute atomic E-state index is 15.3. The highest BCUT2D eigenvalue weighted by atomic mass is 35.5. The van der Waals surface area contributed by atoms with Crippen molar-refractivity contribution in [1.82, 2.24) is 20.0 Å². The Morgan fingerprint density at radius 2 is 2.19 bits per heavy atom. The summed E-state index contributed by atoms with van der Waals surface area (Å²) in [5.41, 5.74) is 0.771. The Kier molecular flexibility index (Phi) is 6.85. The van der Waals surface area contributed by atoms with E-state index < -0.39 is 25.4 Å². The van der Waals surface area contributed by atoms with E-state index in [4.69, 9.17) is 25.8 Å². The first-order valence-corrected chi connectivity index (χ1v) is 11.1. The minimum Gasteiger partial charge on any atom is -0.467 e. The summed E-state index contributed by atoms with van der Waals surface area (Å²) in [5.74, 6) is 0.485. The molecular weight excluding hydrogens is 438 g/mol. The summed E-state index contributed by atoms with van der Waals surface area (Å²) in [4.78, 5) is 6.15. The summed E-state index contributed by atoms with van der Waals surface area (Å²) in [6, 6.07) is 4.75. The van der Waals surface area contributed by atoms with Crippen LogP contribution < -0.4 is 9.47 Å². The molecule has 2 fully saturated rings. The molecule has 32 heavy (non-hydrogen) atoms. The van der Waals surface area contributed by atoms with Gasteiger partial charge in [-0.05, 0) is 44.8 Å². The highest BCUT2D eigenvalue weighted by Gasteiger charge is 2.54. The highest BCUT2D eigenvalue weighted by molar-refractivity contribution is 6.45. The lowest BCUT2D eigenvalue weighted by atomic mass is 9.65. The monoisotopic (exact) mass is 464 g/mol. The number of halogens is 2. The van der Waals surface area contributed by atoms with Crippen molar-refractivity contribution in [2.45, 2.75) is 63.3 Å². The molecule has 2 aromatic rings. The Bertz CT molecular complexity index is 941. The van der Waals surface area contributed by atoms with Gasteiger partial charge in [-0.1, -0.05) is 23.1 Å². The lowest BCUT2D eigenvalue weighted by Gasteiger charge is -2.57. The number of ether oxygens (including phenoxy) is 3. The van der Waals surface area contributed by atoms with Crippen molar-refractivity contribution in [3.63, 3.8) is 0 Å². The van der Waals surface area contributed by atoms with E-state index in [9.17, 15) is 5.02 Å². The van der Waals surface area contributed by atoms with Crippen molar-refractivity contribution in [2.75, 3.05) is 13.9 Å². The molecule has 0 aliphatic carbocycles. The van der Waals surface area contributed by atoms with Gasteiger partial charge >= 0.3 is 13.1 Å². The first kappa shape index (κ1) is 23.2. The SMILES string of the molecule is COCOc1cc(Cl)ccc1-c1cnc(O[C@H]2C[C@]3(C)CCC[C@H]([C@H]2F)N3B(C)O)nn1. The quantitative estimate of drug-likeness (QED) is 0.493. The third kappa shape index (κ3) is 4.55. The number of aromatic nitrogens is 3. The number of rotatable bonds is 7. The first-order chi connectivity index (χ1) is 15.3. The summed E-state index contributed by atoms with van der Waals surface area (Å²) in [7, 11) is 0.812. The summed E-state index contributed by atoms with van der Waals surface area (Å²) in [6.07, 6.45) is 2.47. The molecule has 0 radical (unpaired) electrons. The Balaban J connectivity index is 1.51. The van der Waals surface area contributed by atoms with Crippen LogP contribution in [0.1, 0.15) is 32.6 Å². The lowest BCUT2D eigenvalue weighted by Crippen LogP contribution is -2.70. The zero-order valence-corrected chi connectivity index (χ0v) is 19.1. The van der Waals surface area contributed by atoms with Crippen LogP contribution >= 0.6 is 11.6 Å². The molecule has 11 heteroatoms. The first-order valence-electron chi connectivity index (χ1n) is 10.7. The van der Waals surface area contributed by atoms with Crippen molar-refractivity contribution in [2.24, 2.45) is 0 Å². The third-order valence-corrected chi connectivity index (χ3v) is 6.55. The average molecular weight is 465 g/mol. The van der Waals surface area contributed by atoms with Crippen LogP contribution in [0.3, 0.4) is 0 Å². The Labute approximate surface area is 192 Å². The van der Waals surface area contributed by atoms with E-state index in [2.05, 4.69) is 22.1 Å². The van der Waals surface area contributed by atoms with Gasteiger partial charge in [0.1, 0.15) is 17.5 Å². The van der Waals surface area contributed by atoms with Gasteiger partial charge in [-0.15, -0.1) is 5.10 Å². The second kappa shape index (κ2) is 9.47. The maximum Gasteiger partial charge on any atom is 0.377 e. The molecule has 2 aliphatic heterocycles. The topological polar surface area (TPSA) is 89.8 Å². The van der Waals surface area contributed by atoms with Gasteiger partial charge in [-0.2, -0.15) is 0 Å². The number of methoxy groups -OCH3 is 1. The van der Waals surface area contributed by atoms with Crippen molar-refractivity contribution in [1.29, 1.82) is 0 Å². The molecule has 0 spiro atoms. The van der Waals surface area contributed by atoms with Crippen LogP contribution in [-0.4, -0.2) is 69.8 Å². The molecule has 0 saturated carbocycles. The fourth-order valence-electron chi connectivity index (χ4n) is 5.04. The van der Waals surface area contributed by atoms with E-state index in [0.717, 1.165) is 12.8 Å². The molecule has 2 saturated heterocycles. The van der Waals surface area contributed by atoms with Crippen LogP contribution in [0, 0.1) is 0 Å². The predicted octanol–water partition coefficient (Wildman–Crippen LogP) is 3.39. The van der Waals surface area contributed by atoms with Crippen LogP contribution in [0.25, 0.3) is 11.3 Å². The molecule has 4 atom stereocenters. The van der Waals surface area contributed by atoms with E-state index in [-0.39, 0.29) is 18.3 Å². The fourth-order valence-corrected chi connectivity index (χ4v) is 5.20. The van der Waals surface area contributed by atoms with Crippen LogP contribution in [0.5, 0.6) is 11.8 Å². The van der Waals surface area contributed by atoms with Gasteiger partial charge in [0.15, 0.2) is 13.0 Å². The molecule has 4 rings (SSSR count). The Morgan fingerprint density at radius 3 is 2.88 bits per heavy atom. The second-order valence-corrected chi connectivity index (χ2v) is 9.05. The van der Waals surface area contributed by atoms with Gasteiger partial charge in [0.2, 0.25) is 0 Å². The van der Waals surface area contributed by atoms with Crippen LogP contribution in [0.15, 0.2) is 24.4 Å². The number of hydrogen-bond donors (Lipinski definition) is 1. The van der Waals surface area contributed by atoms with Gasteiger partial charge in [0.25, 0.3) is 0 Å². The molecule has 2 aliphatic rings. The molecule has 0 amide bonds. The van der Waals surface area contributed by atoms with Gasteiger partial charge in [0, 0.05) is 35.7 Å². The number of piperidine rings is 2. The maximum atomic E-state index is 15.3. The van der Waals surface area contributed by atoms with E-state index in [1.54, 1.807) is 25.0 Å². The zero-order chi connectivity index (χ0) is 22.9. The van der Waals surface area contributed by atoms with E-state index in [0.29, 0.717) is 34.9 Å². The number of fused-ring (bicyclic) bond motifs is 2. The van der Waals surface area contributed by atoms with Crippen LogP contribution in [0.4, 0.5) is 4.39 Å². The average Bonchev–Trinajstić information content (AvgIpc) is 2.76. The summed E-state index contributed by atoms with van der Waals surface area (Å²) in [5, 5.41) is 19.0. The van der Waals surface area contributed by atoms with E-state index in [1.165, 1.54) is 13.3 Å². The number of hydrogen-bond acceptors (Lipinski definition) is 8. The Hall–Kier alpha value is -2.01. The molecule has 172 valence electrons. The van der Waals surface area contributed by atoms with Crippen LogP contribution in [-0.2, 0) is 4.74 Å². The number of nitrogens with zero attached hydrogens (tertiary/aromatic N) is 4. The number of alkyl halides is 1. The Morgan fingerprint density at radius 1 is 1.38 bits per heavy atom. The highest BCUT2D eigenvalue weighted by Crippen LogP contribution is 2.44. The summed E-state index contributed by atoms with van der Waals surface area (Å²) in [6.45, 7) is 3.80. The predicted molar refractivity (Wildman–Crippen MR) is 118 cm³/mol. The zero-order valence-electron chi connectivity index (χ0n) is 18.4. The largest absolute Gasteiger partial charge is 0.467 e. The third-order valence-electron chi connectivity index (χ3n) is 6.31. The number of benzene rings is 1. The standard InChI is InChI=1S/C21H27BClFN4O4/c1-21-8-4-5-16(28(21)22(2)29)19(24)18(10-21)32-20-25-11-15(26-27-20)14-7-6-13(23)9-17(14)31-12-30-3/h6-7,9,11,16,18-19,29H,4-5,8,10,12H2,1-3H3/t16-,18+,19-,21+/m1/s1.